The Labute approximate surface area is 261 Å². The molecule has 4 heterocycles. The first-order valence-electron chi connectivity index (χ1n) is 16.0. The van der Waals surface area contributed by atoms with Crippen molar-refractivity contribution in [2.75, 3.05) is 37.5 Å². The number of halogens is 1. The molecule has 4 fully saturated rings. The van der Waals surface area contributed by atoms with E-state index in [0.29, 0.717) is 29.2 Å². The molecule has 3 saturated heterocycles. The van der Waals surface area contributed by atoms with Crippen LogP contribution in [-0.4, -0.2) is 63.2 Å². The Bertz CT molecular complexity index is 1610. The first kappa shape index (κ1) is 29.5. The van der Waals surface area contributed by atoms with Gasteiger partial charge in [-0.1, -0.05) is 19.3 Å². The fraction of sp³-hybridized carbons (Fsp3) is 0.545. The van der Waals surface area contributed by atoms with E-state index in [9.17, 15) is 14.4 Å². The third kappa shape index (κ3) is 5.93. The molecule has 44 heavy (non-hydrogen) atoms. The van der Waals surface area contributed by atoms with E-state index < -0.39 is 5.82 Å². The summed E-state index contributed by atoms with van der Waals surface area (Å²) in [5, 5.41) is 10.3. The van der Waals surface area contributed by atoms with Crippen LogP contribution < -0.4 is 15.0 Å². The Balaban J connectivity index is 1.08. The number of benzene rings is 2. The van der Waals surface area contributed by atoms with E-state index in [1.54, 1.807) is 35.2 Å². The lowest BCUT2D eigenvalue weighted by atomic mass is 9.85. The van der Waals surface area contributed by atoms with Crippen molar-refractivity contribution in [3.8, 4) is 17.6 Å². The highest BCUT2D eigenvalue weighted by Crippen LogP contribution is 2.42. The summed E-state index contributed by atoms with van der Waals surface area (Å²) in [5.74, 6) is -0.554. The van der Waals surface area contributed by atoms with Crippen molar-refractivity contribution in [2.45, 2.75) is 81.9 Å². The van der Waals surface area contributed by atoms with Crippen LogP contribution in [0.5, 0.6) is 11.5 Å². The largest absolute Gasteiger partial charge is 0.453 e. The average Bonchev–Trinajstić information content (AvgIpc) is 3.73. The fourth-order valence-electron chi connectivity index (χ4n) is 7.39. The van der Waals surface area contributed by atoms with Gasteiger partial charge in [0, 0.05) is 44.4 Å². The first-order chi connectivity index (χ1) is 21.5. The zero-order valence-electron chi connectivity index (χ0n) is 25.0. The molecule has 1 unspecified atom stereocenters. The van der Waals surface area contributed by atoms with Crippen LogP contribution in [0.3, 0.4) is 0 Å². The molecule has 1 aliphatic carbocycles. The predicted molar refractivity (Wildman–Crippen MR) is 169 cm³/mol. The monoisotopic (exact) mass is 618 g/mol. The SMILES string of the molecule is N#Cc1c(NSN2CCCC2)ccc(F)c1Oc1ccc2ncn(C3COC4(CCN(C5CCCCC5)CC4)C3)c(=O)c2c1. The zero-order valence-corrected chi connectivity index (χ0v) is 25.8. The summed E-state index contributed by atoms with van der Waals surface area (Å²) in [6, 6.07) is 10.5. The minimum atomic E-state index is -0.648. The molecule has 0 bridgehead atoms. The molecule has 1 atom stereocenters. The van der Waals surface area contributed by atoms with Gasteiger partial charge in [0.05, 0.1) is 41.2 Å². The first-order valence-corrected chi connectivity index (χ1v) is 16.8. The number of nitriles is 1. The van der Waals surface area contributed by atoms with Crippen LogP contribution in [0.25, 0.3) is 10.9 Å². The lowest BCUT2D eigenvalue weighted by molar-refractivity contribution is -0.0535. The van der Waals surface area contributed by atoms with E-state index >= 15 is 0 Å². The summed E-state index contributed by atoms with van der Waals surface area (Å²) in [7, 11) is 0. The van der Waals surface area contributed by atoms with Crippen LogP contribution in [0, 0.1) is 17.1 Å². The Morgan fingerprint density at radius 3 is 2.61 bits per heavy atom. The summed E-state index contributed by atoms with van der Waals surface area (Å²) in [6.07, 6.45) is 13.3. The van der Waals surface area contributed by atoms with Gasteiger partial charge in [-0.25, -0.2) is 13.7 Å². The molecule has 11 heteroatoms. The van der Waals surface area contributed by atoms with E-state index in [0.717, 1.165) is 58.3 Å². The second kappa shape index (κ2) is 12.7. The van der Waals surface area contributed by atoms with Gasteiger partial charge in [0.25, 0.3) is 5.56 Å². The van der Waals surface area contributed by atoms with Gasteiger partial charge < -0.3 is 19.1 Å². The standard InChI is InChI=1S/C33H39FN6O3S/c34-28-9-11-30(37-44-39-14-4-5-15-39)27(20-35)31(28)43-25-8-10-29-26(18-25)32(41)40(22-36-29)24-19-33(42-21-24)12-16-38(17-13-33)23-6-2-1-3-7-23/h8-11,18,22-24,37H,1-7,12-17,19,21H2. The molecule has 232 valence electrons. The normalized spacial score (nSPS) is 22.9. The number of anilines is 1. The van der Waals surface area contributed by atoms with Gasteiger partial charge in [0.1, 0.15) is 17.4 Å². The molecule has 0 radical (unpaired) electrons. The number of aromatic nitrogens is 2. The maximum absolute atomic E-state index is 15.0. The van der Waals surface area contributed by atoms with Gasteiger partial charge in [-0.2, -0.15) is 5.26 Å². The Kier molecular flexibility index (Phi) is 8.51. The molecule has 2 aromatic carbocycles. The molecular weight excluding hydrogens is 579 g/mol. The number of nitrogens with one attached hydrogen (secondary N) is 1. The lowest BCUT2D eigenvalue weighted by Gasteiger charge is -2.43. The molecule has 3 aromatic rings. The topological polar surface area (TPSA) is 95.7 Å². The smallest absolute Gasteiger partial charge is 0.261 e. The van der Waals surface area contributed by atoms with Crippen LogP contribution in [-0.2, 0) is 4.74 Å². The van der Waals surface area contributed by atoms with Crippen LogP contribution in [0.15, 0.2) is 41.5 Å². The Hall–Kier alpha value is -3.17. The fourth-order valence-corrected chi connectivity index (χ4v) is 8.23. The van der Waals surface area contributed by atoms with Crippen molar-refractivity contribution in [3.05, 3.63) is 58.4 Å². The highest BCUT2D eigenvalue weighted by molar-refractivity contribution is 7.98. The van der Waals surface area contributed by atoms with Gasteiger partial charge >= 0.3 is 0 Å². The number of rotatable bonds is 7. The number of piperidine rings is 1. The highest BCUT2D eigenvalue weighted by atomic mass is 32.2. The average molecular weight is 619 g/mol. The third-order valence-electron chi connectivity index (χ3n) is 9.93. The Morgan fingerprint density at radius 2 is 1.84 bits per heavy atom. The van der Waals surface area contributed by atoms with Crippen LogP contribution in [0.1, 0.15) is 75.8 Å². The second-order valence-corrected chi connectivity index (χ2v) is 13.6. The molecular formula is C33H39FN6O3S. The number of nitrogens with zero attached hydrogens (tertiary/aromatic N) is 5. The minimum absolute atomic E-state index is 0.0725. The van der Waals surface area contributed by atoms with Crippen molar-refractivity contribution >= 4 is 28.7 Å². The third-order valence-corrected chi connectivity index (χ3v) is 10.9. The van der Waals surface area contributed by atoms with E-state index in [1.807, 2.05) is 0 Å². The van der Waals surface area contributed by atoms with Gasteiger partial charge in [0.2, 0.25) is 0 Å². The summed E-state index contributed by atoms with van der Waals surface area (Å²) in [6.45, 7) is 4.51. The van der Waals surface area contributed by atoms with Crippen LogP contribution in [0.4, 0.5) is 10.1 Å². The van der Waals surface area contributed by atoms with Crippen LogP contribution >= 0.6 is 12.1 Å². The summed E-state index contributed by atoms with van der Waals surface area (Å²) < 4.78 is 34.4. The van der Waals surface area contributed by atoms with E-state index in [2.05, 4.69) is 25.0 Å². The lowest BCUT2D eigenvalue weighted by Crippen LogP contribution is -2.48. The summed E-state index contributed by atoms with van der Waals surface area (Å²) in [4.78, 5) is 21.0. The quantitative estimate of drug-likeness (QED) is 0.302. The Morgan fingerprint density at radius 1 is 1.05 bits per heavy atom. The minimum Gasteiger partial charge on any atom is -0.453 e. The maximum Gasteiger partial charge on any atom is 0.261 e. The van der Waals surface area contributed by atoms with Gasteiger partial charge in [0.15, 0.2) is 11.6 Å². The molecule has 1 aromatic heterocycles. The molecule has 4 aliphatic rings. The molecule has 1 spiro atoms. The summed E-state index contributed by atoms with van der Waals surface area (Å²) in [5.41, 5.74) is 0.719. The second-order valence-electron chi connectivity index (χ2n) is 12.7. The molecule has 0 amide bonds. The molecule has 9 nitrogen and oxygen atoms in total. The van der Waals surface area contributed by atoms with E-state index in [4.69, 9.17) is 9.47 Å². The summed E-state index contributed by atoms with van der Waals surface area (Å²) >= 11 is 1.41. The van der Waals surface area contributed by atoms with Crippen molar-refractivity contribution < 1.29 is 13.9 Å². The number of ether oxygens (including phenoxy) is 2. The van der Waals surface area contributed by atoms with E-state index in [1.165, 1.54) is 50.3 Å². The van der Waals surface area contributed by atoms with Crippen molar-refractivity contribution in [3.63, 3.8) is 0 Å². The highest BCUT2D eigenvalue weighted by Gasteiger charge is 2.44. The molecule has 7 rings (SSSR count). The number of likely N-dealkylation sites (tertiary alicyclic amines) is 1. The van der Waals surface area contributed by atoms with Gasteiger partial charge in [-0.05, 0) is 75.3 Å². The van der Waals surface area contributed by atoms with Gasteiger partial charge in [-0.3, -0.25) is 9.36 Å². The number of hydrogen-bond acceptors (Lipinski definition) is 9. The zero-order chi connectivity index (χ0) is 30.1. The number of fused-ring (bicyclic) bond motifs is 1. The maximum atomic E-state index is 15.0. The van der Waals surface area contributed by atoms with E-state index in [-0.39, 0.29) is 34.3 Å². The van der Waals surface area contributed by atoms with Crippen LogP contribution in [0.2, 0.25) is 0 Å². The van der Waals surface area contributed by atoms with Gasteiger partial charge in [-0.15, -0.1) is 0 Å². The van der Waals surface area contributed by atoms with Crippen molar-refractivity contribution in [1.82, 2.24) is 18.8 Å². The van der Waals surface area contributed by atoms with Crippen molar-refractivity contribution in [2.24, 2.45) is 0 Å². The predicted octanol–water partition coefficient (Wildman–Crippen LogP) is 6.40. The molecule has 1 N–H and O–H groups in total. The van der Waals surface area contributed by atoms with Crippen molar-refractivity contribution in [1.29, 1.82) is 5.26 Å². The molecule has 1 saturated carbocycles. The molecule has 3 aliphatic heterocycles. The number of hydrogen-bond donors (Lipinski definition) is 1.